The highest BCUT2D eigenvalue weighted by Gasteiger charge is 2.40. The van der Waals surface area contributed by atoms with Crippen LogP contribution >= 0.6 is 0 Å². The third-order valence-electron chi connectivity index (χ3n) is 4.14. The first-order valence-electron chi connectivity index (χ1n) is 8.17. The van der Waals surface area contributed by atoms with Crippen LogP contribution < -0.4 is 5.32 Å². The molecule has 20 heavy (non-hydrogen) atoms. The third kappa shape index (κ3) is 5.71. The molecule has 1 rings (SSSR count). The summed E-state index contributed by atoms with van der Waals surface area (Å²) in [7, 11) is 0. The number of ether oxygens (including phenoxy) is 1. The van der Waals surface area contributed by atoms with Gasteiger partial charge in [-0.2, -0.15) is 0 Å². The molecule has 1 saturated heterocycles. The van der Waals surface area contributed by atoms with E-state index < -0.39 is 0 Å². The van der Waals surface area contributed by atoms with Crippen LogP contribution in [0.5, 0.6) is 0 Å². The Kier molecular flexibility index (Phi) is 6.06. The molecule has 0 radical (unpaired) electrons. The van der Waals surface area contributed by atoms with E-state index in [1.807, 2.05) is 0 Å². The molecule has 1 heterocycles. The van der Waals surface area contributed by atoms with Crippen LogP contribution in [0.3, 0.4) is 0 Å². The van der Waals surface area contributed by atoms with Crippen LogP contribution in [0, 0.1) is 11.8 Å². The summed E-state index contributed by atoms with van der Waals surface area (Å²) in [6.07, 6.45) is 0. The Bertz CT molecular complexity index is 283. The van der Waals surface area contributed by atoms with Crippen molar-refractivity contribution in [3.63, 3.8) is 0 Å². The van der Waals surface area contributed by atoms with Gasteiger partial charge in [0, 0.05) is 19.1 Å². The minimum Gasteiger partial charge on any atom is -0.367 e. The minimum atomic E-state index is -0.0545. The van der Waals surface area contributed by atoms with Crippen LogP contribution in [0.1, 0.15) is 55.4 Å². The molecule has 0 spiro atoms. The average molecular weight is 284 g/mol. The number of hydrogen-bond donors (Lipinski definition) is 1. The molecule has 2 atom stereocenters. The van der Waals surface area contributed by atoms with Crippen molar-refractivity contribution in [3.8, 4) is 0 Å². The summed E-state index contributed by atoms with van der Waals surface area (Å²) in [5.74, 6) is 1.37. The average Bonchev–Trinajstić information content (AvgIpc) is 2.22. The monoisotopic (exact) mass is 284 g/mol. The van der Waals surface area contributed by atoms with Crippen LogP contribution in [-0.2, 0) is 4.74 Å². The van der Waals surface area contributed by atoms with E-state index >= 15 is 0 Å². The Morgan fingerprint density at radius 2 is 1.45 bits per heavy atom. The highest BCUT2D eigenvalue weighted by molar-refractivity contribution is 4.92. The van der Waals surface area contributed by atoms with Crippen molar-refractivity contribution in [1.29, 1.82) is 0 Å². The van der Waals surface area contributed by atoms with Gasteiger partial charge in [0.15, 0.2) is 0 Å². The summed E-state index contributed by atoms with van der Waals surface area (Å²) in [6, 6.07) is 0.581. The second-order valence-electron chi connectivity index (χ2n) is 8.30. The SMILES string of the molecule is CC(C)CNCC(C)C(C)N1CC(C)(C)OC(C)(C)C1. The normalized spacial score (nSPS) is 25.6. The molecule has 3 nitrogen and oxygen atoms in total. The quantitative estimate of drug-likeness (QED) is 0.811. The van der Waals surface area contributed by atoms with E-state index in [4.69, 9.17) is 4.74 Å². The molecule has 120 valence electrons. The first-order chi connectivity index (χ1) is 9.02. The molecule has 0 amide bonds. The van der Waals surface area contributed by atoms with Gasteiger partial charge in [-0.1, -0.05) is 20.8 Å². The Balaban J connectivity index is 2.54. The van der Waals surface area contributed by atoms with Crippen molar-refractivity contribution in [2.45, 2.75) is 72.6 Å². The smallest absolute Gasteiger partial charge is 0.0760 e. The topological polar surface area (TPSA) is 24.5 Å². The Labute approximate surface area is 126 Å². The van der Waals surface area contributed by atoms with Gasteiger partial charge in [-0.15, -0.1) is 0 Å². The zero-order valence-electron chi connectivity index (χ0n) is 14.9. The fraction of sp³-hybridized carbons (Fsp3) is 1.00. The second kappa shape index (κ2) is 6.76. The zero-order valence-corrected chi connectivity index (χ0v) is 14.9. The molecule has 0 bridgehead atoms. The molecule has 0 aliphatic carbocycles. The molecule has 1 aliphatic rings. The first kappa shape index (κ1) is 17.9. The fourth-order valence-corrected chi connectivity index (χ4v) is 3.26. The minimum absolute atomic E-state index is 0.0545. The molecule has 0 aromatic heterocycles. The Morgan fingerprint density at radius 3 is 1.90 bits per heavy atom. The molecule has 0 aromatic carbocycles. The van der Waals surface area contributed by atoms with Crippen molar-refractivity contribution < 1.29 is 4.74 Å². The second-order valence-corrected chi connectivity index (χ2v) is 8.30. The maximum absolute atomic E-state index is 6.18. The van der Waals surface area contributed by atoms with Gasteiger partial charge >= 0.3 is 0 Å². The molecule has 1 fully saturated rings. The van der Waals surface area contributed by atoms with Crippen LogP contribution in [0.25, 0.3) is 0 Å². The Morgan fingerprint density at radius 1 is 0.950 bits per heavy atom. The van der Waals surface area contributed by atoms with Crippen LogP contribution in [0.2, 0.25) is 0 Å². The lowest BCUT2D eigenvalue weighted by atomic mass is 9.93. The van der Waals surface area contributed by atoms with Crippen molar-refractivity contribution in [2.75, 3.05) is 26.2 Å². The van der Waals surface area contributed by atoms with Crippen molar-refractivity contribution in [1.82, 2.24) is 10.2 Å². The maximum Gasteiger partial charge on any atom is 0.0760 e. The van der Waals surface area contributed by atoms with Crippen molar-refractivity contribution in [2.24, 2.45) is 11.8 Å². The number of hydrogen-bond acceptors (Lipinski definition) is 3. The molecular weight excluding hydrogens is 248 g/mol. The van der Waals surface area contributed by atoms with Crippen LogP contribution in [-0.4, -0.2) is 48.3 Å². The van der Waals surface area contributed by atoms with Gasteiger partial charge in [0.25, 0.3) is 0 Å². The van der Waals surface area contributed by atoms with E-state index in [0.29, 0.717) is 12.0 Å². The lowest BCUT2D eigenvalue weighted by Crippen LogP contribution is -2.60. The zero-order chi connectivity index (χ0) is 15.6. The Hall–Kier alpha value is -0.120. The fourth-order valence-electron chi connectivity index (χ4n) is 3.26. The summed E-state index contributed by atoms with van der Waals surface area (Å²) in [4.78, 5) is 2.60. The van der Waals surface area contributed by atoms with Gasteiger partial charge in [-0.3, -0.25) is 4.90 Å². The van der Waals surface area contributed by atoms with Gasteiger partial charge < -0.3 is 10.1 Å². The summed E-state index contributed by atoms with van der Waals surface area (Å²) >= 11 is 0. The summed E-state index contributed by atoms with van der Waals surface area (Å²) < 4.78 is 6.18. The van der Waals surface area contributed by atoms with E-state index in [9.17, 15) is 0 Å². The predicted molar refractivity (Wildman–Crippen MR) is 87.1 cm³/mol. The van der Waals surface area contributed by atoms with Gasteiger partial charge in [0.2, 0.25) is 0 Å². The molecule has 2 unspecified atom stereocenters. The van der Waals surface area contributed by atoms with Gasteiger partial charge in [0.05, 0.1) is 11.2 Å². The van der Waals surface area contributed by atoms with Crippen molar-refractivity contribution >= 4 is 0 Å². The summed E-state index contributed by atoms with van der Waals surface area (Å²) in [6.45, 7) is 22.3. The van der Waals surface area contributed by atoms with Gasteiger partial charge in [0.1, 0.15) is 0 Å². The van der Waals surface area contributed by atoms with Gasteiger partial charge in [-0.05, 0) is 59.5 Å². The molecular formula is C17H36N2O. The highest BCUT2D eigenvalue weighted by atomic mass is 16.5. The number of nitrogens with one attached hydrogen (secondary N) is 1. The number of rotatable bonds is 6. The third-order valence-corrected chi connectivity index (χ3v) is 4.14. The summed E-state index contributed by atoms with van der Waals surface area (Å²) in [5.41, 5.74) is -0.109. The van der Waals surface area contributed by atoms with Crippen LogP contribution in [0.15, 0.2) is 0 Å². The molecule has 3 heteroatoms. The van der Waals surface area contributed by atoms with E-state index in [1.165, 1.54) is 0 Å². The molecule has 0 aromatic rings. The molecule has 1 N–H and O–H groups in total. The largest absolute Gasteiger partial charge is 0.367 e. The standard InChI is InChI=1S/C17H36N2O/c1-13(2)9-18-10-14(3)15(4)19-11-16(5,6)20-17(7,8)12-19/h13-15,18H,9-12H2,1-8H3. The van der Waals surface area contributed by atoms with E-state index in [2.05, 4.69) is 65.6 Å². The maximum atomic E-state index is 6.18. The van der Waals surface area contributed by atoms with Crippen molar-refractivity contribution in [3.05, 3.63) is 0 Å². The van der Waals surface area contributed by atoms with Crippen LogP contribution in [0.4, 0.5) is 0 Å². The predicted octanol–water partition coefficient (Wildman–Crippen LogP) is 3.15. The van der Waals surface area contributed by atoms with E-state index in [0.717, 1.165) is 32.1 Å². The first-order valence-corrected chi connectivity index (χ1v) is 8.17. The number of nitrogens with zero attached hydrogens (tertiary/aromatic N) is 1. The number of morpholine rings is 1. The lowest BCUT2D eigenvalue weighted by Gasteiger charge is -2.50. The van der Waals surface area contributed by atoms with E-state index in [-0.39, 0.29) is 11.2 Å². The van der Waals surface area contributed by atoms with Gasteiger partial charge in [-0.25, -0.2) is 0 Å². The molecule has 0 saturated carbocycles. The molecule has 1 aliphatic heterocycles. The lowest BCUT2D eigenvalue weighted by molar-refractivity contribution is -0.189. The summed E-state index contributed by atoms with van der Waals surface area (Å²) in [5, 5.41) is 3.59. The van der Waals surface area contributed by atoms with E-state index in [1.54, 1.807) is 0 Å². The highest BCUT2D eigenvalue weighted by Crippen LogP contribution is 2.30.